The van der Waals surface area contributed by atoms with Crippen LogP contribution in [0.1, 0.15) is 24.4 Å². The van der Waals surface area contributed by atoms with Crippen LogP contribution < -0.4 is 25.4 Å². The molecule has 1 aromatic heterocycles. The topological polar surface area (TPSA) is 97.1 Å². The van der Waals surface area contributed by atoms with Crippen LogP contribution in [0.4, 0.5) is 0 Å². The van der Waals surface area contributed by atoms with Crippen LogP contribution in [0.15, 0.2) is 52.1 Å². The number of nitrogens with zero attached hydrogens (tertiary/aromatic N) is 1. The van der Waals surface area contributed by atoms with Crippen LogP contribution in [-0.2, 0) is 0 Å². The normalized spacial score (nSPS) is 11.8. The Morgan fingerprint density at radius 1 is 1.10 bits per heavy atom. The Hall–Kier alpha value is -2.43. The fourth-order valence-corrected chi connectivity index (χ4v) is 2.38. The third-order valence-electron chi connectivity index (χ3n) is 3.70. The van der Waals surface area contributed by atoms with Crippen LogP contribution in [0.25, 0.3) is 0 Å². The lowest BCUT2D eigenvalue weighted by Gasteiger charge is -2.16. The van der Waals surface area contributed by atoms with Gasteiger partial charge in [-0.2, -0.15) is 0 Å². The Balaban J connectivity index is 0.00000420. The van der Waals surface area contributed by atoms with Crippen molar-refractivity contribution in [2.75, 3.05) is 33.3 Å². The van der Waals surface area contributed by atoms with Gasteiger partial charge in [0.25, 0.3) is 5.91 Å². The van der Waals surface area contributed by atoms with Crippen molar-refractivity contribution in [2.45, 2.75) is 20.0 Å². The maximum absolute atomic E-state index is 11.8. The van der Waals surface area contributed by atoms with Crippen molar-refractivity contribution in [1.29, 1.82) is 0 Å². The molecule has 1 unspecified atom stereocenters. The molecular weight excluding hydrogens is 487 g/mol. The Kier molecular flexibility index (Phi) is 11.6. The first kappa shape index (κ1) is 24.6. The quantitative estimate of drug-likeness (QED) is 0.195. The van der Waals surface area contributed by atoms with Crippen LogP contribution in [-0.4, -0.2) is 51.3 Å². The number of guanidine groups is 1. The van der Waals surface area contributed by atoms with Crippen molar-refractivity contribution in [3.8, 4) is 11.5 Å². The van der Waals surface area contributed by atoms with Crippen LogP contribution in [0.3, 0.4) is 0 Å². The molecule has 0 spiro atoms. The molecule has 0 bridgehead atoms. The molecule has 2 rings (SSSR count). The summed E-state index contributed by atoms with van der Waals surface area (Å²) in [6.07, 6.45) is 1.34. The van der Waals surface area contributed by atoms with E-state index >= 15 is 0 Å². The molecule has 0 aliphatic carbocycles. The van der Waals surface area contributed by atoms with Crippen molar-refractivity contribution < 1.29 is 18.7 Å². The van der Waals surface area contributed by atoms with Gasteiger partial charge in [0.1, 0.15) is 6.10 Å². The average molecular weight is 516 g/mol. The van der Waals surface area contributed by atoms with Gasteiger partial charge in [-0.05, 0) is 38.1 Å². The zero-order valence-corrected chi connectivity index (χ0v) is 19.3. The van der Waals surface area contributed by atoms with E-state index < -0.39 is 0 Å². The van der Waals surface area contributed by atoms with Gasteiger partial charge in [0, 0.05) is 19.6 Å². The monoisotopic (exact) mass is 516 g/mol. The summed E-state index contributed by atoms with van der Waals surface area (Å²) in [4.78, 5) is 16.3. The van der Waals surface area contributed by atoms with Crippen molar-refractivity contribution >= 4 is 35.8 Å². The van der Waals surface area contributed by atoms with Gasteiger partial charge in [-0.3, -0.25) is 4.79 Å². The molecule has 0 radical (unpaired) electrons. The first-order valence-corrected chi connectivity index (χ1v) is 9.27. The highest BCUT2D eigenvalue weighted by Crippen LogP contribution is 2.26. The van der Waals surface area contributed by atoms with Gasteiger partial charge in [0.15, 0.2) is 23.2 Å². The molecule has 3 N–H and O–H groups in total. The number of para-hydroxylation sites is 2. The highest BCUT2D eigenvalue weighted by Gasteiger charge is 2.09. The number of aliphatic imine (C=N–C) groups is 1. The van der Waals surface area contributed by atoms with Gasteiger partial charge in [-0.1, -0.05) is 12.1 Å². The molecule has 8 nitrogen and oxygen atoms in total. The Morgan fingerprint density at radius 2 is 1.83 bits per heavy atom. The smallest absolute Gasteiger partial charge is 0.287 e. The van der Waals surface area contributed by atoms with Crippen LogP contribution in [0, 0.1) is 0 Å². The van der Waals surface area contributed by atoms with Gasteiger partial charge in [-0.15, -0.1) is 24.0 Å². The predicted molar refractivity (Wildman–Crippen MR) is 124 cm³/mol. The number of ether oxygens (including phenoxy) is 2. The third-order valence-corrected chi connectivity index (χ3v) is 3.70. The van der Waals surface area contributed by atoms with Crippen molar-refractivity contribution in [1.82, 2.24) is 16.0 Å². The molecule has 0 saturated carbocycles. The van der Waals surface area contributed by atoms with E-state index in [-0.39, 0.29) is 36.0 Å². The molecule has 29 heavy (non-hydrogen) atoms. The van der Waals surface area contributed by atoms with E-state index in [4.69, 9.17) is 13.9 Å². The van der Waals surface area contributed by atoms with Crippen molar-refractivity contribution in [3.63, 3.8) is 0 Å². The van der Waals surface area contributed by atoms with E-state index in [2.05, 4.69) is 20.9 Å². The molecule has 0 aliphatic rings. The summed E-state index contributed by atoms with van der Waals surface area (Å²) in [5.74, 6) is 2.09. The maximum atomic E-state index is 11.8. The molecule has 0 aliphatic heterocycles. The number of furan rings is 1. The molecule has 160 valence electrons. The molecular formula is C20H29IN4O4. The minimum absolute atomic E-state index is 0. The van der Waals surface area contributed by atoms with Gasteiger partial charge >= 0.3 is 0 Å². The Morgan fingerprint density at radius 3 is 2.48 bits per heavy atom. The molecule has 0 fully saturated rings. The highest BCUT2D eigenvalue weighted by atomic mass is 127. The SMILES string of the molecule is CCNC(=NCC(C)Oc1ccccc1OC)NCCNC(=O)c1ccco1.I. The summed E-state index contributed by atoms with van der Waals surface area (Å²) in [5, 5.41) is 9.12. The standard InChI is InChI=1S/C20H28N4O4.HI/c1-4-21-20(23-12-11-22-19(25)18-10-7-13-27-18)24-14-15(2)28-17-9-6-5-8-16(17)26-3;/h5-10,13,15H,4,11-12,14H2,1-3H3,(H,22,25)(H2,21,23,24);1H. The number of hydrogen-bond acceptors (Lipinski definition) is 5. The van der Waals surface area contributed by atoms with E-state index in [1.54, 1.807) is 19.2 Å². The second-order valence-corrected chi connectivity index (χ2v) is 5.96. The average Bonchev–Trinajstić information content (AvgIpc) is 3.24. The lowest BCUT2D eigenvalue weighted by Crippen LogP contribution is -2.42. The van der Waals surface area contributed by atoms with Gasteiger partial charge in [0.2, 0.25) is 0 Å². The molecule has 1 heterocycles. The van der Waals surface area contributed by atoms with E-state index in [1.807, 2.05) is 38.1 Å². The minimum Gasteiger partial charge on any atom is -0.493 e. The summed E-state index contributed by atoms with van der Waals surface area (Å²) >= 11 is 0. The second kappa shape index (κ2) is 13.7. The van der Waals surface area contributed by atoms with Gasteiger partial charge in [0.05, 0.1) is 19.9 Å². The fraction of sp³-hybridized carbons (Fsp3) is 0.400. The summed E-state index contributed by atoms with van der Waals surface area (Å²) < 4.78 is 16.3. The third kappa shape index (κ3) is 8.63. The first-order valence-electron chi connectivity index (χ1n) is 9.27. The molecule has 1 amide bonds. The molecule has 1 atom stereocenters. The number of benzene rings is 1. The highest BCUT2D eigenvalue weighted by molar-refractivity contribution is 14.0. The fourth-order valence-electron chi connectivity index (χ4n) is 2.38. The predicted octanol–water partition coefficient (Wildman–Crippen LogP) is 2.66. The zero-order chi connectivity index (χ0) is 20.2. The van der Waals surface area contributed by atoms with Gasteiger partial charge < -0.3 is 29.8 Å². The van der Waals surface area contributed by atoms with Crippen LogP contribution in [0.2, 0.25) is 0 Å². The first-order chi connectivity index (χ1) is 13.6. The number of rotatable bonds is 10. The number of nitrogens with one attached hydrogen (secondary N) is 3. The largest absolute Gasteiger partial charge is 0.493 e. The number of halogens is 1. The molecule has 0 saturated heterocycles. The number of carbonyl (C=O) groups is 1. The summed E-state index contributed by atoms with van der Waals surface area (Å²) in [5.41, 5.74) is 0. The summed E-state index contributed by atoms with van der Waals surface area (Å²) in [6, 6.07) is 10.8. The number of carbonyl (C=O) groups excluding carboxylic acids is 1. The summed E-state index contributed by atoms with van der Waals surface area (Å²) in [7, 11) is 1.61. The lowest BCUT2D eigenvalue weighted by molar-refractivity contribution is 0.0926. The van der Waals surface area contributed by atoms with Crippen molar-refractivity contribution in [2.24, 2.45) is 4.99 Å². The number of amides is 1. The molecule has 9 heteroatoms. The zero-order valence-electron chi connectivity index (χ0n) is 16.9. The Labute approximate surface area is 188 Å². The van der Waals surface area contributed by atoms with Crippen LogP contribution >= 0.6 is 24.0 Å². The van der Waals surface area contributed by atoms with Gasteiger partial charge in [-0.25, -0.2) is 4.99 Å². The van der Waals surface area contributed by atoms with E-state index in [1.165, 1.54) is 6.26 Å². The van der Waals surface area contributed by atoms with E-state index in [0.717, 1.165) is 6.54 Å². The number of hydrogen-bond donors (Lipinski definition) is 3. The second-order valence-electron chi connectivity index (χ2n) is 5.96. The summed E-state index contributed by atoms with van der Waals surface area (Å²) in [6.45, 7) is 6.10. The van der Waals surface area contributed by atoms with E-state index in [9.17, 15) is 4.79 Å². The Bertz CT molecular complexity index is 753. The van der Waals surface area contributed by atoms with E-state index in [0.29, 0.717) is 42.9 Å². The maximum Gasteiger partial charge on any atom is 0.287 e. The molecule has 1 aromatic carbocycles. The lowest BCUT2D eigenvalue weighted by atomic mass is 10.3. The minimum atomic E-state index is -0.243. The molecule has 2 aromatic rings. The van der Waals surface area contributed by atoms with Crippen LogP contribution in [0.5, 0.6) is 11.5 Å². The van der Waals surface area contributed by atoms with Crippen molar-refractivity contribution in [3.05, 3.63) is 48.4 Å². The number of methoxy groups -OCH3 is 1.